The largest absolute Gasteiger partial charge is 0.445 e. The topological polar surface area (TPSA) is 70.9 Å². The van der Waals surface area contributed by atoms with Gasteiger partial charge in [0.15, 0.2) is 6.21 Å². The molecule has 1 rings (SSSR count). The van der Waals surface area contributed by atoms with E-state index in [1.807, 2.05) is 53.8 Å². The first-order chi connectivity index (χ1) is 16.7. The van der Waals surface area contributed by atoms with E-state index in [4.69, 9.17) is 9.47 Å². The number of nitrogens with zero attached hydrogens (tertiary/aromatic N) is 2. The number of amides is 2. The molecule has 7 heteroatoms. The Kier molecular flexibility index (Phi) is 12.7. The van der Waals surface area contributed by atoms with Gasteiger partial charge >= 0.3 is 12.2 Å². The van der Waals surface area contributed by atoms with Gasteiger partial charge in [-0.1, -0.05) is 32.9 Å². The fourth-order valence-corrected chi connectivity index (χ4v) is 3.55. The third-order valence-corrected chi connectivity index (χ3v) is 5.72. The Morgan fingerprint density at radius 2 is 1.89 bits per heavy atom. The lowest BCUT2D eigenvalue weighted by Crippen LogP contribution is -2.32. The lowest BCUT2D eigenvalue weighted by atomic mass is 9.97. The van der Waals surface area contributed by atoms with Crippen LogP contribution in [0.2, 0.25) is 0 Å². The molecule has 0 fully saturated rings. The second-order valence-electron chi connectivity index (χ2n) is 10.9. The summed E-state index contributed by atoms with van der Waals surface area (Å²) in [4.78, 5) is 26.5. The number of alkyl carbamates (subject to hydrolysis) is 1. The summed E-state index contributed by atoms with van der Waals surface area (Å²) in [6, 6.07) is 0. The van der Waals surface area contributed by atoms with Gasteiger partial charge in [0.1, 0.15) is 25.8 Å². The summed E-state index contributed by atoms with van der Waals surface area (Å²) in [7, 11) is 3.82. The molecule has 0 aromatic heterocycles. The molecule has 2 amide bonds. The van der Waals surface area contributed by atoms with Crippen LogP contribution >= 0.6 is 0 Å². The van der Waals surface area contributed by atoms with E-state index in [9.17, 15) is 9.59 Å². The van der Waals surface area contributed by atoms with Crippen LogP contribution in [0.3, 0.4) is 0 Å². The number of nitrogens with one attached hydrogen (secondary N) is 1. The molecule has 0 bridgehead atoms. The van der Waals surface area contributed by atoms with Crippen LogP contribution < -0.4 is 5.32 Å². The Morgan fingerprint density at radius 3 is 2.47 bits per heavy atom. The SMILES string of the molecule is CC/C=C(C)/C(=C\C=C(/C)C1=C(COC(=O)N(C)CCC(C)C)CC[N+](C)=C1)NC(=O)OC(C)(C)C. The molecule has 0 aromatic rings. The molecule has 0 spiro atoms. The van der Waals surface area contributed by atoms with Gasteiger partial charge in [0.25, 0.3) is 0 Å². The number of hydrogen-bond donors (Lipinski definition) is 1. The average molecular weight is 503 g/mol. The van der Waals surface area contributed by atoms with Crippen molar-refractivity contribution in [2.24, 2.45) is 5.92 Å². The lowest BCUT2D eigenvalue weighted by molar-refractivity contribution is -0.493. The normalized spacial score (nSPS) is 15.6. The van der Waals surface area contributed by atoms with Gasteiger partial charge < -0.3 is 14.4 Å². The summed E-state index contributed by atoms with van der Waals surface area (Å²) in [5, 5.41) is 2.88. The Bertz CT molecular complexity index is 931. The Morgan fingerprint density at radius 1 is 1.22 bits per heavy atom. The first kappa shape index (κ1) is 31.2. The molecule has 0 saturated heterocycles. The van der Waals surface area contributed by atoms with Gasteiger partial charge in [0.2, 0.25) is 0 Å². The maximum Gasteiger partial charge on any atom is 0.412 e. The van der Waals surface area contributed by atoms with Gasteiger partial charge in [-0.15, -0.1) is 0 Å². The number of carbonyl (C=O) groups excluding carboxylic acids is 2. The number of allylic oxidation sites excluding steroid dienone is 6. The molecule has 1 heterocycles. The van der Waals surface area contributed by atoms with E-state index in [1.165, 1.54) is 0 Å². The number of hydrogen-bond acceptors (Lipinski definition) is 4. The third kappa shape index (κ3) is 11.7. The fourth-order valence-electron chi connectivity index (χ4n) is 3.55. The standard InChI is InChI=1S/C29H47N3O4/c1-11-12-23(5)26(30-27(33)36-29(6,7)8)14-13-22(4)25-19-31(9)17-16-24(25)20-35-28(34)32(10)18-15-21(2)3/h12-14,19,21H,11,15-18,20H2,1-10H3/p+1/b22-13+,23-12+,26-14+. The Balaban J connectivity index is 3.15. The van der Waals surface area contributed by atoms with E-state index in [2.05, 4.69) is 43.0 Å². The predicted molar refractivity (Wildman–Crippen MR) is 147 cm³/mol. The monoisotopic (exact) mass is 502 g/mol. The second-order valence-corrected chi connectivity index (χ2v) is 10.9. The fraction of sp³-hybridized carbons (Fsp3) is 0.621. The zero-order valence-electron chi connectivity index (χ0n) is 24.2. The summed E-state index contributed by atoms with van der Waals surface area (Å²) in [6.45, 7) is 17.7. The number of carbonyl (C=O) groups is 2. The molecular formula is C29H48N3O4+. The number of ether oxygens (including phenoxy) is 2. The minimum Gasteiger partial charge on any atom is -0.445 e. The van der Waals surface area contributed by atoms with Gasteiger partial charge in [0.05, 0.1) is 0 Å². The molecule has 0 saturated carbocycles. The second kappa shape index (κ2) is 14.7. The lowest BCUT2D eigenvalue weighted by Gasteiger charge is -2.21. The minimum absolute atomic E-state index is 0.261. The van der Waals surface area contributed by atoms with Crippen LogP contribution in [-0.2, 0) is 9.47 Å². The molecule has 0 radical (unpaired) electrons. The van der Waals surface area contributed by atoms with Crippen LogP contribution in [0.15, 0.2) is 46.2 Å². The van der Waals surface area contributed by atoms with E-state index in [-0.39, 0.29) is 12.7 Å². The highest BCUT2D eigenvalue weighted by atomic mass is 16.6. The van der Waals surface area contributed by atoms with Crippen LogP contribution in [-0.4, -0.2) is 67.3 Å². The van der Waals surface area contributed by atoms with Crippen LogP contribution in [0.5, 0.6) is 0 Å². The van der Waals surface area contributed by atoms with Crippen LogP contribution in [0.25, 0.3) is 0 Å². The Labute approximate surface area is 218 Å². The molecule has 0 atom stereocenters. The highest BCUT2D eigenvalue weighted by Gasteiger charge is 2.21. The molecular weight excluding hydrogens is 454 g/mol. The highest BCUT2D eigenvalue weighted by molar-refractivity contribution is 5.83. The summed E-state index contributed by atoms with van der Waals surface area (Å²) in [5.41, 5.74) is 4.23. The molecule has 7 nitrogen and oxygen atoms in total. The minimum atomic E-state index is -0.578. The molecule has 1 aliphatic heterocycles. The smallest absolute Gasteiger partial charge is 0.412 e. The van der Waals surface area contributed by atoms with Crippen molar-refractivity contribution in [3.63, 3.8) is 0 Å². The first-order valence-electron chi connectivity index (χ1n) is 12.9. The van der Waals surface area contributed by atoms with Crippen molar-refractivity contribution < 1.29 is 23.6 Å². The molecule has 1 aliphatic rings. The van der Waals surface area contributed by atoms with E-state index in [0.29, 0.717) is 18.2 Å². The van der Waals surface area contributed by atoms with Crippen molar-refractivity contribution in [3.05, 3.63) is 46.2 Å². The summed E-state index contributed by atoms with van der Waals surface area (Å²) >= 11 is 0. The quantitative estimate of drug-likeness (QED) is 0.284. The zero-order chi connectivity index (χ0) is 27.5. The van der Waals surface area contributed by atoms with Crippen molar-refractivity contribution in [1.29, 1.82) is 0 Å². The summed E-state index contributed by atoms with van der Waals surface area (Å²) in [5.74, 6) is 0.532. The van der Waals surface area contributed by atoms with E-state index in [0.717, 1.165) is 48.1 Å². The molecule has 0 unspecified atom stereocenters. The third-order valence-electron chi connectivity index (χ3n) is 5.72. The van der Waals surface area contributed by atoms with Gasteiger partial charge in [-0.2, -0.15) is 0 Å². The van der Waals surface area contributed by atoms with Crippen molar-refractivity contribution in [2.45, 2.75) is 80.3 Å². The molecule has 1 N–H and O–H groups in total. The van der Waals surface area contributed by atoms with Crippen molar-refractivity contribution in [1.82, 2.24) is 10.2 Å². The molecule has 0 aliphatic carbocycles. The average Bonchev–Trinajstić information content (AvgIpc) is 2.77. The maximum absolute atomic E-state index is 12.5. The predicted octanol–water partition coefficient (Wildman–Crippen LogP) is 6.23. The van der Waals surface area contributed by atoms with Crippen molar-refractivity contribution >= 4 is 18.4 Å². The van der Waals surface area contributed by atoms with Crippen molar-refractivity contribution in [2.75, 3.05) is 33.8 Å². The van der Waals surface area contributed by atoms with Crippen LogP contribution in [0.1, 0.15) is 74.7 Å². The molecule has 0 aromatic carbocycles. The zero-order valence-corrected chi connectivity index (χ0v) is 24.2. The summed E-state index contributed by atoms with van der Waals surface area (Å²) in [6.07, 6.45) is 9.87. The summed E-state index contributed by atoms with van der Waals surface area (Å²) < 4.78 is 13.2. The van der Waals surface area contributed by atoms with E-state index >= 15 is 0 Å². The van der Waals surface area contributed by atoms with Gasteiger partial charge in [-0.05, 0) is 76.2 Å². The first-order valence-corrected chi connectivity index (χ1v) is 12.9. The van der Waals surface area contributed by atoms with E-state index in [1.54, 1.807) is 11.9 Å². The van der Waals surface area contributed by atoms with Crippen LogP contribution in [0, 0.1) is 5.92 Å². The molecule has 202 valence electrons. The van der Waals surface area contributed by atoms with E-state index < -0.39 is 11.7 Å². The molecule has 36 heavy (non-hydrogen) atoms. The van der Waals surface area contributed by atoms with Gasteiger partial charge in [0, 0.05) is 31.3 Å². The maximum atomic E-state index is 12.5. The highest BCUT2D eigenvalue weighted by Crippen LogP contribution is 2.21. The van der Waals surface area contributed by atoms with Gasteiger partial charge in [-0.3, -0.25) is 5.32 Å². The Hall–Kier alpha value is -2.83. The van der Waals surface area contributed by atoms with Crippen molar-refractivity contribution in [3.8, 4) is 0 Å². The number of rotatable bonds is 10. The van der Waals surface area contributed by atoms with Gasteiger partial charge in [-0.25, -0.2) is 14.2 Å². The van der Waals surface area contributed by atoms with Crippen LogP contribution in [0.4, 0.5) is 9.59 Å².